The zero-order chi connectivity index (χ0) is 9.97. The largest absolute Gasteiger partial charge is 0.617 e. The van der Waals surface area contributed by atoms with Crippen molar-refractivity contribution in [2.45, 2.75) is 0 Å². The van der Waals surface area contributed by atoms with E-state index in [0.29, 0.717) is 15.1 Å². The number of hydrogen-bond donors (Lipinski definition) is 0. The summed E-state index contributed by atoms with van der Waals surface area (Å²) in [5.74, 6) is 0. The smallest absolute Gasteiger partial charge is 0.252 e. The van der Waals surface area contributed by atoms with E-state index in [1.165, 1.54) is 0 Å². The molecule has 0 aliphatic carbocycles. The van der Waals surface area contributed by atoms with Crippen LogP contribution in [0, 0.1) is 8.91 Å². The Hall–Kier alpha value is -1.17. The molecular formula is C10H7IN2O. The van der Waals surface area contributed by atoms with E-state index < -0.39 is 0 Å². The SMILES string of the molecule is [O-][n+]1c(I)cccc1-c1ccccn1. The van der Waals surface area contributed by atoms with Gasteiger partial charge in [0.05, 0.1) is 0 Å². The molecule has 2 aromatic rings. The number of rotatable bonds is 1. The van der Waals surface area contributed by atoms with Crippen LogP contribution in [0.3, 0.4) is 0 Å². The lowest BCUT2D eigenvalue weighted by Gasteiger charge is -2.04. The van der Waals surface area contributed by atoms with Crippen molar-refractivity contribution in [3.05, 3.63) is 51.5 Å². The second kappa shape index (κ2) is 3.91. The standard InChI is InChI=1S/C10H7IN2O/c11-10-6-3-5-9(13(10)14)8-4-1-2-7-12-8/h1-7H. The molecule has 0 radical (unpaired) electrons. The Kier molecular flexibility index (Phi) is 2.62. The van der Waals surface area contributed by atoms with Gasteiger partial charge in [0.25, 0.3) is 3.70 Å². The molecule has 0 bridgehead atoms. The Labute approximate surface area is 95.1 Å². The van der Waals surface area contributed by atoms with E-state index in [9.17, 15) is 5.21 Å². The maximum Gasteiger partial charge on any atom is 0.252 e. The molecule has 0 aliphatic rings. The number of halogens is 1. The average Bonchev–Trinajstić information content (AvgIpc) is 2.23. The summed E-state index contributed by atoms with van der Waals surface area (Å²) in [4.78, 5) is 4.13. The first-order valence-electron chi connectivity index (χ1n) is 4.08. The number of pyridine rings is 2. The molecule has 2 rings (SSSR count). The van der Waals surface area contributed by atoms with Crippen LogP contribution in [0.4, 0.5) is 0 Å². The molecule has 0 saturated heterocycles. The van der Waals surface area contributed by atoms with Crippen molar-refractivity contribution in [1.82, 2.24) is 4.98 Å². The number of hydrogen-bond acceptors (Lipinski definition) is 2. The maximum absolute atomic E-state index is 11.6. The highest BCUT2D eigenvalue weighted by Crippen LogP contribution is 2.12. The van der Waals surface area contributed by atoms with E-state index in [2.05, 4.69) is 4.98 Å². The molecule has 0 spiro atoms. The van der Waals surface area contributed by atoms with Crippen LogP contribution in [0.2, 0.25) is 0 Å². The molecule has 3 nitrogen and oxygen atoms in total. The van der Waals surface area contributed by atoms with Crippen molar-refractivity contribution >= 4 is 22.6 Å². The molecule has 14 heavy (non-hydrogen) atoms. The normalized spacial score (nSPS) is 10.1. The van der Waals surface area contributed by atoms with Gasteiger partial charge in [-0.05, 0) is 18.2 Å². The fraction of sp³-hybridized carbons (Fsp3) is 0. The predicted octanol–water partition coefficient (Wildman–Crippen LogP) is 1.99. The van der Waals surface area contributed by atoms with Gasteiger partial charge in [-0.3, -0.25) is 0 Å². The molecule has 0 fully saturated rings. The number of aromatic nitrogens is 2. The molecule has 0 N–H and O–H groups in total. The summed E-state index contributed by atoms with van der Waals surface area (Å²) in [5, 5.41) is 11.6. The maximum atomic E-state index is 11.6. The Morgan fingerprint density at radius 1 is 1.14 bits per heavy atom. The molecule has 0 unspecified atom stereocenters. The van der Waals surface area contributed by atoms with Gasteiger partial charge in [0.1, 0.15) is 5.69 Å². The summed E-state index contributed by atoms with van der Waals surface area (Å²) in [5.41, 5.74) is 1.28. The van der Waals surface area contributed by atoms with Crippen molar-refractivity contribution in [2.24, 2.45) is 0 Å². The third-order valence-corrected chi connectivity index (χ3v) is 2.63. The van der Waals surface area contributed by atoms with Crippen molar-refractivity contribution in [2.75, 3.05) is 0 Å². The molecule has 2 aromatic heterocycles. The van der Waals surface area contributed by atoms with E-state index in [1.54, 1.807) is 18.3 Å². The van der Waals surface area contributed by atoms with Crippen LogP contribution in [0.25, 0.3) is 11.4 Å². The molecule has 0 aromatic carbocycles. The average molecular weight is 298 g/mol. The van der Waals surface area contributed by atoms with E-state index in [0.717, 1.165) is 4.73 Å². The van der Waals surface area contributed by atoms with Gasteiger partial charge < -0.3 is 5.21 Å². The zero-order valence-corrected chi connectivity index (χ0v) is 9.38. The Balaban J connectivity index is 2.58. The van der Waals surface area contributed by atoms with Gasteiger partial charge in [-0.15, -0.1) is 0 Å². The van der Waals surface area contributed by atoms with E-state index in [1.807, 2.05) is 46.9 Å². The lowest BCUT2D eigenvalue weighted by atomic mass is 10.2. The molecule has 4 heteroatoms. The first kappa shape index (κ1) is 9.39. The van der Waals surface area contributed by atoms with Crippen LogP contribution >= 0.6 is 22.6 Å². The summed E-state index contributed by atoms with van der Waals surface area (Å²) in [6, 6.07) is 10.9. The Bertz CT molecular complexity index is 445. The first-order valence-corrected chi connectivity index (χ1v) is 5.16. The van der Waals surface area contributed by atoms with Gasteiger partial charge in [-0.25, -0.2) is 4.98 Å². The quantitative estimate of drug-likeness (QED) is 0.349. The minimum atomic E-state index is 0.581. The minimum absolute atomic E-state index is 0.581. The summed E-state index contributed by atoms with van der Waals surface area (Å²) >= 11 is 2.00. The second-order valence-electron chi connectivity index (χ2n) is 2.74. The highest BCUT2D eigenvalue weighted by molar-refractivity contribution is 14.1. The third kappa shape index (κ3) is 1.70. The lowest BCUT2D eigenvalue weighted by Crippen LogP contribution is -2.33. The van der Waals surface area contributed by atoms with Crippen molar-refractivity contribution in [3.63, 3.8) is 0 Å². The Morgan fingerprint density at radius 3 is 2.71 bits per heavy atom. The van der Waals surface area contributed by atoms with Gasteiger partial charge >= 0.3 is 0 Å². The Morgan fingerprint density at radius 2 is 2.00 bits per heavy atom. The summed E-state index contributed by atoms with van der Waals surface area (Å²) in [7, 11) is 0. The van der Waals surface area contributed by atoms with Crippen LogP contribution in [0.5, 0.6) is 0 Å². The molecule has 0 aliphatic heterocycles. The fourth-order valence-electron chi connectivity index (χ4n) is 1.17. The van der Waals surface area contributed by atoms with Crippen LogP contribution in [-0.2, 0) is 0 Å². The topological polar surface area (TPSA) is 39.8 Å². The first-order chi connectivity index (χ1) is 6.79. The van der Waals surface area contributed by atoms with E-state index >= 15 is 0 Å². The second-order valence-corrected chi connectivity index (χ2v) is 3.85. The minimum Gasteiger partial charge on any atom is -0.617 e. The highest BCUT2D eigenvalue weighted by Gasteiger charge is 2.10. The van der Waals surface area contributed by atoms with E-state index in [-0.39, 0.29) is 0 Å². The monoisotopic (exact) mass is 298 g/mol. The fourth-order valence-corrected chi connectivity index (χ4v) is 1.64. The van der Waals surface area contributed by atoms with Crippen LogP contribution in [-0.4, -0.2) is 4.98 Å². The van der Waals surface area contributed by atoms with Gasteiger partial charge in [0.2, 0.25) is 5.69 Å². The van der Waals surface area contributed by atoms with Gasteiger partial charge in [-0.2, -0.15) is 4.73 Å². The van der Waals surface area contributed by atoms with Crippen LogP contribution in [0.1, 0.15) is 0 Å². The summed E-state index contributed by atoms with van der Waals surface area (Å²) in [6.45, 7) is 0. The molecule has 0 atom stereocenters. The van der Waals surface area contributed by atoms with Gasteiger partial charge in [-0.1, -0.05) is 6.07 Å². The molecule has 0 saturated carbocycles. The van der Waals surface area contributed by atoms with Crippen LogP contribution < -0.4 is 4.73 Å². The van der Waals surface area contributed by atoms with Crippen LogP contribution in [0.15, 0.2) is 42.6 Å². The summed E-state index contributed by atoms with van der Waals surface area (Å²) < 4.78 is 1.52. The van der Waals surface area contributed by atoms with Crippen molar-refractivity contribution in [3.8, 4) is 11.4 Å². The molecular weight excluding hydrogens is 291 g/mol. The van der Waals surface area contributed by atoms with Crippen molar-refractivity contribution < 1.29 is 4.73 Å². The zero-order valence-electron chi connectivity index (χ0n) is 7.22. The molecule has 0 amide bonds. The van der Waals surface area contributed by atoms with Gasteiger partial charge in [0, 0.05) is 40.9 Å². The molecule has 70 valence electrons. The van der Waals surface area contributed by atoms with Gasteiger partial charge in [0.15, 0.2) is 0 Å². The predicted molar refractivity (Wildman–Crippen MR) is 61.4 cm³/mol. The van der Waals surface area contributed by atoms with E-state index in [4.69, 9.17) is 0 Å². The molecule has 2 heterocycles. The highest BCUT2D eigenvalue weighted by atomic mass is 127. The lowest BCUT2D eigenvalue weighted by molar-refractivity contribution is -0.607. The van der Waals surface area contributed by atoms with Crippen molar-refractivity contribution in [1.29, 1.82) is 0 Å². The third-order valence-electron chi connectivity index (χ3n) is 1.83. The number of nitrogens with zero attached hydrogens (tertiary/aromatic N) is 2. The summed E-state index contributed by atoms with van der Waals surface area (Å²) in [6.07, 6.45) is 1.68.